The zero-order chi connectivity index (χ0) is 15.4. The van der Waals surface area contributed by atoms with Gasteiger partial charge in [-0.2, -0.15) is 0 Å². The van der Waals surface area contributed by atoms with Crippen LogP contribution < -0.4 is 0 Å². The maximum Gasteiger partial charge on any atom is 0.0951 e. The third-order valence-electron chi connectivity index (χ3n) is 4.77. The molecule has 1 heterocycles. The van der Waals surface area contributed by atoms with E-state index in [4.69, 9.17) is 0 Å². The average molecular weight is 293 g/mol. The largest absolute Gasteiger partial charge is 0.332 e. The summed E-state index contributed by atoms with van der Waals surface area (Å²) in [5, 5.41) is 0. The van der Waals surface area contributed by atoms with E-state index in [1.54, 1.807) is 0 Å². The number of unbranched alkanes of at least 4 members (excludes halogenated alkanes) is 8. The number of hydrogen-bond donors (Lipinski definition) is 0. The van der Waals surface area contributed by atoms with Crippen LogP contribution in [0.3, 0.4) is 0 Å². The lowest BCUT2D eigenvalue weighted by Gasteiger charge is -2.31. The Morgan fingerprint density at radius 1 is 0.810 bits per heavy atom. The number of nitrogens with zero attached hydrogens (tertiary/aromatic N) is 2. The highest BCUT2D eigenvalue weighted by molar-refractivity contribution is 4.89. The van der Waals surface area contributed by atoms with Crippen molar-refractivity contribution in [3.63, 3.8) is 0 Å². The quantitative estimate of drug-likeness (QED) is 0.389. The van der Waals surface area contributed by atoms with Crippen molar-refractivity contribution in [1.82, 2.24) is 9.55 Å². The number of imidazole rings is 1. The standard InChI is InChI=1S/C19H36N2/c1-4-6-8-10-12-14-19(3,21-17-16-20-18-21)15-13-11-9-7-5-2/h16-18H,4-15H2,1-3H3. The summed E-state index contributed by atoms with van der Waals surface area (Å²) >= 11 is 0. The molecule has 0 fully saturated rings. The van der Waals surface area contributed by atoms with Crippen LogP contribution in [-0.4, -0.2) is 9.55 Å². The fourth-order valence-electron chi connectivity index (χ4n) is 3.18. The molecule has 1 rings (SSSR count). The molecule has 0 bridgehead atoms. The van der Waals surface area contributed by atoms with Crippen LogP contribution in [0.2, 0.25) is 0 Å². The van der Waals surface area contributed by atoms with Crippen molar-refractivity contribution in [2.24, 2.45) is 0 Å². The van der Waals surface area contributed by atoms with Crippen molar-refractivity contribution in [2.45, 2.75) is 103 Å². The number of hydrogen-bond acceptors (Lipinski definition) is 1. The highest BCUT2D eigenvalue weighted by atomic mass is 15.1. The van der Waals surface area contributed by atoms with Crippen molar-refractivity contribution < 1.29 is 0 Å². The van der Waals surface area contributed by atoms with Gasteiger partial charge in [0.15, 0.2) is 0 Å². The summed E-state index contributed by atoms with van der Waals surface area (Å²) in [6.07, 6.45) is 22.4. The van der Waals surface area contributed by atoms with Crippen LogP contribution in [0.4, 0.5) is 0 Å². The van der Waals surface area contributed by atoms with Gasteiger partial charge in [0, 0.05) is 17.9 Å². The summed E-state index contributed by atoms with van der Waals surface area (Å²) in [5.41, 5.74) is 0.273. The summed E-state index contributed by atoms with van der Waals surface area (Å²) in [6, 6.07) is 0. The van der Waals surface area contributed by atoms with E-state index >= 15 is 0 Å². The first-order chi connectivity index (χ1) is 10.2. The van der Waals surface area contributed by atoms with Crippen LogP contribution in [0.25, 0.3) is 0 Å². The molecule has 0 spiro atoms. The van der Waals surface area contributed by atoms with Gasteiger partial charge in [-0.15, -0.1) is 0 Å². The molecule has 0 saturated carbocycles. The smallest absolute Gasteiger partial charge is 0.0951 e. The summed E-state index contributed by atoms with van der Waals surface area (Å²) in [6.45, 7) is 6.99. The molecular formula is C19H36N2. The molecule has 0 aliphatic carbocycles. The van der Waals surface area contributed by atoms with E-state index in [0.717, 1.165) is 0 Å². The predicted octanol–water partition coefficient (Wildman–Crippen LogP) is 6.32. The van der Waals surface area contributed by atoms with Gasteiger partial charge in [0.1, 0.15) is 0 Å². The molecule has 1 aromatic heterocycles. The van der Waals surface area contributed by atoms with Gasteiger partial charge in [0.25, 0.3) is 0 Å². The molecule has 0 aromatic carbocycles. The summed E-state index contributed by atoms with van der Waals surface area (Å²) in [7, 11) is 0. The van der Waals surface area contributed by atoms with Gasteiger partial charge in [-0.05, 0) is 19.8 Å². The highest BCUT2D eigenvalue weighted by Crippen LogP contribution is 2.30. The molecule has 122 valence electrons. The fraction of sp³-hybridized carbons (Fsp3) is 0.842. The number of aromatic nitrogens is 2. The predicted molar refractivity (Wildman–Crippen MR) is 92.6 cm³/mol. The Balaban J connectivity index is 2.39. The van der Waals surface area contributed by atoms with Crippen LogP contribution in [-0.2, 0) is 5.54 Å². The minimum Gasteiger partial charge on any atom is -0.332 e. The fourth-order valence-corrected chi connectivity index (χ4v) is 3.18. The molecule has 0 aliphatic heterocycles. The maximum atomic E-state index is 4.27. The molecule has 0 aliphatic rings. The van der Waals surface area contributed by atoms with Crippen LogP contribution in [0.15, 0.2) is 18.7 Å². The molecule has 2 heteroatoms. The van der Waals surface area contributed by atoms with E-state index in [9.17, 15) is 0 Å². The Morgan fingerprint density at radius 2 is 1.33 bits per heavy atom. The second-order valence-corrected chi connectivity index (χ2v) is 6.80. The van der Waals surface area contributed by atoms with Crippen molar-refractivity contribution in [2.75, 3.05) is 0 Å². The maximum absolute atomic E-state index is 4.27. The molecule has 0 saturated heterocycles. The molecule has 0 atom stereocenters. The zero-order valence-electron chi connectivity index (χ0n) is 14.6. The first-order valence-electron chi connectivity index (χ1n) is 9.21. The van der Waals surface area contributed by atoms with Gasteiger partial charge in [0.2, 0.25) is 0 Å². The summed E-state index contributed by atoms with van der Waals surface area (Å²) < 4.78 is 2.35. The molecular weight excluding hydrogens is 256 g/mol. The van der Waals surface area contributed by atoms with Crippen molar-refractivity contribution in [1.29, 1.82) is 0 Å². The molecule has 21 heavy (non-hydrogen) atoms. The lowest BCUT2D eigenvalue weighted by molar-refractivity contribution is 0.250. The minimum absolute atomic E-state index is 0.273. The van der Waals surface area contributed by atoms with E-state index in [2.05, 4.69) is 36.5 Å². The third kappa shape index (κ3) is 7.15. The Hall–Kier alpha value is -0.790. The minimum atomic E-state index is 0.273. The van der Waals surface area contributed by atoms with Crippen molar-refractivity contribution in [3.8, 4) is 0 Å². The third-order valence-corrected chi connectivity index (χ3v) is 4.77. The van der Waals surface area contributed by atoms with Gasteiger partial charge >= 0.3 is 0 Å². The highest BCUT2D eigenvalue weighted by Gasteiger charge is 2.24. The second kappa shape index (κ2) is 10.9. The van der Waals surface area contributed by atoms with Crippen LogP contribution >= 0.6 is 0 Å². The summed E-state index contributed by atoms with van der Waals surface area (Å²) in [4.78, 5) is 4.27. The monoisotopic (exact) mass is 292 g/mol. The van der Waals surface area contributed by atoms with Crippen molar-refractivity contribution in [3.05, 3.63) is 18.7 Å². The van der Waals surface area contributed by atoms with E-state index in [1.807, 2.05) is 12.5 Å². The van der Waals surface area contributed by atoms with E-state index in [1.165, 1.54) is 77.0 Å². The number of rotatable bonds is 13. The Morgan fingerprint density at radius 3 is 1.76 bits per heavy atom. The average Bonchev–Trinajstić information content (AvgIpc) is 3.02. The lowest BCUT2D eigenvalue weighted by atomic mass is 9.87. The lowest BCUT2D eigenvalue weighted by Crippen LogP contribution is -2.29. The molecule has 2 nitrogen and oxygen atoms in total. The van der Waals surface area contributed by atoms with Gasteiger partial charge in [-0.1, -0.05) is 78.1 Å². The van der Waals surface area contributed by atoms with Gasteiger partial charge in [-0.25, -0.2) is 4.98 Å². The normalized spacial score (nSPS) is 12.0. The molecule has 1 aromatic rings. The van der Waals surface area contributed by atoms with Gasteiger partial charge in [0.05, 0.1) is 6.33 Å². The van der Waals surface area contributed by atoms with Crippen molar-refractivity contribution >= 4 is 0 Å². The molecule has 0 N–H and O–H groups in total. The van der Waals surface area contributed by atoms with Crippen LogP contribution in [0.5, 0.6) is 0 Å². The second-order valence-electron chi connectivity index (χ2n) is 6.80. The van der Waals surface area contributed by atoms with Gasteiger partial charge < -0.3 is 4.57 Å². The molecule has 0 radical (unpaired) electrons. The molecule has 0 amide bonds. The van der Waals surface area contributed by atoms with Crippen LogP contribution in [0.1, 0.15) is 97.8 Å². The Kier molecular flexibility index (Phi) is 9.45. The Labute approximate surface area is 132 Å². The van der Waals surface area contributed by atoms with Gasteiger partial charge in [-0.3, -0.25) is 0 Å². The first kappa shape index (κ1) is 18.3. The first-order valence-corrected chi connectivity index (χ1v) is 9.21. The van der Waals surface area contributed by atoms with E-state index in [-0.39, 0.29) is 5.54 Å². The van der Waals surface area contributed by atoms with E-state index < -0.39 is 0 Å². The zero-order valence-corrected chi connectivity index (χ0v) is 14.6. The SMILES string of the molecule is CCCCCCCC(C)(CCCCCCC)n1ccnc1. The summed E-state index contributed by atoms with van der Waals surface area (Å²) in [5.74, 6) is 0. The topological polar surface area (TPSA) is 17.8 Å². The van der Waals surface area contributed by atoms with E-state index in [0.29, 0.717) is 0 Å². The van der Waals surface area contributed by atoms with Crippen LogP contribution in [0, 0.1) is 0 Å². The Bertz CT molecular complexity index is 315. The molecule has 0 unspecified atom stereocenters.